The van der Waals surface area contributed by atoms with Gasteiger partial charge in [-0.3, -0.25) is 9.48 Å². The average Bonchev–Trinajstić information content (AvgIpc) is 3.51. The number of hydrogen-bond donors (Lipinski definition) is 1. The number of aryl methyl sites for hydroxylation is 1. The summed E-state index contributed by atoms with van der Waals surface area (Å²) in [7, 11) is 1.66. The van der Waals surface area contributed by atoms with E-state index in [9.17, 15) is 18.0 Å². The largest absolute Gasteiger partial charge is 0.433 e. The predicted octanol–water partition coefficient (Wildman–Crippen LogP) is 4.13. The van der Waals surface area contributed by atoms with Gasteiger partial charge in [0.1, 0.15) is 5.69 Å². The van der Waals surface area contributed by atoms with E-state index in [1.54, 1.807) is 13.2 Å². The van der Waals surface area contributed by atoms with Crippen LogP contribution in [0.5, 0.6) is 0 Å². The molecule has 32 heavy (non-hydrogen) atoms. The molecule has 4 rings (SSSR count). The molecule has 0 unspecified atom stereocenters. The van der Waals surface area contributed by atoms with Gasteiger partial charge in [-0.2, -0.15) is 18.3 Å². The lowest BCUT2D eigenvalue weighted by molar-refractivity contribution is -0.141. The second kappa shape index (κ2) is 9.12. The number of thiophene rings is 1. The minimum Gasteiger partial charge on any atom is -0.355 e. The van der Waals surface area contributed by atoms with Crippen LogP contribution in [0.15, 0.2) is 51.7 Å². The maximum atomic E-state index is 13.3. The summed E-state index contributed by atoms with van der Waals surface area (Å²) < 4.78 is 46.4. The zero-order valence-electron chi connectivity index (χ0n) is 16.5. The molecule has 13 heteroatoms. The highest BCUT2D eigenvalue weighted by atomic mass is 32.2. The number of hydrogen-bond acceptors (Lipinski definition) is 8. The topological polar surface area (TPSA) is 98.7 Å². The smallest absolute Gasteiger partial charge is 0.355 e. The minimum absolute atomic E-state index is 0.0469. The standard InChI is InChI=1S/C19H15F3N6O2S2/c1-28-10-11(9-24-28)12-8-16(19(20,21)22)26-18(25-12)32-6-4-23-17(29)13-7-14(30-27-13)15-3-2-5-31-15/h2-3,5,7-10H,4,6H2,1H3,(H,23,29). The van der Waals surface area contributed by atoms with E-state index in [1.165, 1.54) is 28.3 Å². The summed E-state index contributed by atoms with van der Waals surface area (Å²) in [4.78, 5) is 20.9. The van der Waals surface area contributed by atoms with Gasteiger partial charge < -0.3 is 9.84 Å². The molecule has 0 saturated heterocycles. The molecule has 4 aromatic heterocycles. The zero-order valence-corrected chi connectivity index (χ0v) is 18.1. The van der Waals surface area contributed by atoms with Crippen molar-refractivity contribution >= 4 is 29.0 Å². The third-order valence-corrected chi connectivity index (χ3v) is 5.86. The Balaban J connectivity index is 1.38. The molecular weight excluding hydrogens is 465 g/mol. The first-order chi connectivity index (χ1) is 15.3. The number of aromatic nitrogens is 5. The fourth-order valence-corrected chi connectivity index (χ4v) is 4.04. The number of rotatable bonds is 7. The molecule has 0 aliphatic heterocycles. The fraction of sp³-hybridized carbons (Fsp3) is 0.211. The van der Waals surface area contributed by atoms with Gasteiger partial charge in [-0.15, -0.1) is 11.3 Å². The van der Waals surface area contributed by atoms with Crippen molar-refractivity contribution in [3.8, 4) is 21.9 Å². The molecule has 1 amide bonds. The Morgan fingerprint density at radius 2 is 2.16 bits per heavy atom. The maximum absolute atomic E-state index is 13.3. The molecule has 8 nitrogen and oxygen atoms in total. The Hall–Kier alpha value is -3.19. The number of alkyl halides is 3. The third kappa shape index (κ3) is 5.16. The molecular formula is C19H15F3N6O2S2. The Morgan fingerprint density at radius 1 is 1.31 bits per heavy atom. The highest BCUT2D eigenvalue weighted by Gasteiger charge is 2.34. The van der Waals surface area contributed by atoms with Crippen molar-refractivity contribution in [2.75, 3.05) is 12.3 Å². The normalized spacial score (nSPS) is 11.6. The first-order valence-corrected chi connectivity index (χ1v) is 11.0. The van der Waals surface area contributed by atoms with E-state index >= 15 is 0 Å². The lowest BCUT2D eigenvalue weighted by atomic mass is 10.2. The number of carbonyl (C=O) groups excluding carboxylic acids is 1. The number of nitrogens with zero attached hydrogens (tertiary/aromatic N) is 5. The van der Waals surface area contributed by atoms with Gasteiger partial charge in [0.2, 0.25) is 0 Å². The second-order valence-electron chi connectivity index (χ2n) is 6.48. The second-order valence-corrected chi connectivity index (χ2v) is 8.49. The van der Waals surface area contributed by atoms with Crippen LogP contribution < -0.4 is 5.32 Å². The van der Waals surface area contributed by atoms with Crippen LogP contribution in [-0.2, 0) is 13.2 Å². The molecule has 0 saturated carbocycles. The Labute approximate surface area is 187 Å². The lowest BCUT2D eigenvalue weighted by Crippen LogP contribution is -2.26. The van der Waals surface area contributed by atoms with Crippen LogP contribution in [0.25, 0.3) is 21.9 Å². The predicted molar refractivity (Wildman–Crippen MR) is 112 cm³/mol. The molecule has 4 heterocycles. The third-order valence-electron chi connectivity index (χ3n) is 4.12. The number of carbonyl (C=O) groups is 1. The van der Waals surface area contributed by atoms with Crippen molar-refractivity contribution in [1.82, 2.24) is 30.2 Å². The van der Waals surface area contributed by atoms with Crippen LogP contribution in [0, 0.1) is 0 Å². The van der Waals surface area contributed by atoms with E-state index in [2.05, 4.69) is 25.5 Å². The van der Waals surface area contributed by atoms with Gasteiger partial charge in [0.15, 0.2) is 16.6 Å². The molecule has 0 bridgehead atoms. The van der Waals surface area contributed by atoms with E-state index in [1.807, 2.05) is 17.5 Å². The van der Waals surface area contributed by atoms with Crippen LogP contribution in [0.4, 0.5) is 13.2 Å². The molecule has 0 fully saturated rings. The first-order valence-electron chi connectivity index (χ1n) is 9.16. The van der Waals surface area contributed by atoms with Crippen molar-refractivity contribution in [1.29, 1.82) is 0 Å². The van der Waals surface area contributed by atoms with E-state index < -0.39 is 17.8 Å². The van der Waals surface area contributed by atoms with Gasteiger partial charge in [0.05, 0.1) is 16.8 Å². The molecule has 166 valence electrons. The molecule has 0 aliphatic carbocycles. The van der Waals surface area contributed by atoms with Crippen LogP contribution in [0.2, 0.25) is 0 Å². The van der Waals surface area contributed by atoms with Crippen LogP contribution in [0.1, 0.15) is 16.2 Å². The molecule has 0 atom stereocenters. The van der Waals surface area contributed by atoms with Crippen molar-refractivity contribution in [3.05, 3.63) is 53.4 Å². The van der Waals surface area contributed by atoms with Gasteiger partial charge in [0, 0.05) is 37.2 Å². The molecule has 0 aromatic carbocycles. The highest BCUT2D eigenvalue weighted by Crippen LogP contribution is 2.32. The molecule has 0 radical (unpaired) electrons. The van der Waals surface area contributed by atoms with Crippen molar-refractivity contribution in [2.24, 2.45) is 7.05 Å². The fourth-order valence-electron chi connectivity index (χ4n) is 2.65. The Morgan fingerprint density at radius 3 is 2.84 bits per heavy atom. The summed E-state index contributed by atoms with van der Waals surface area (Å²) in [6.45, 7) is 0.173. The quantitative estimate of drug-likeness (QED) is 0.241. The first kappa shape index (κ1) is 22.0. The van der Waals surface area contributed by atoms with E-state index in [-0.39, 0.29) is 28.8 Å². The van der Waals surface area contributed by atoms with Gasteiger partial charge in [0.25, 0.3) is 5.91 Å². The monoisotopic (exact) mass is 480 g/mol. The van der Waals surface area contributed by atoms with E-state index in [0.29, 0.717) is 11.3 Å². The van der Waals surface area contributed by atoms with Crippen molar-refractivity contribution in [2.45, 2.75) is 11.3 Å². The van der Waals surface area contributed by atoms with E-state index in [4.69, 9.17) is 4.52 Å². The minimum atomic E-state index is -4.61. The van der Waals surface area contributed by atoms with Crippen LogP contribution >= 0.6 is 23.1 Å². The number of thioether (sulfide) groups is 1. The number of amides is 1. The van der Waals surface area contributed by atoms with Crippen molar-refractivity contribution in [3.63, 3.8) is 0 Å². The SMILES string of the molecule is Cn1cc(-c2cc(C(F)(F)F)nc(SCCNC(=O)c3cc(-c4cccs4)on3)n2)cn1. The molecule has 0 aliphatic rings. The number of nitrogens with one attached hydrogen (secondary N) is 1. The lowest BCUT2D eigenvalue weighted by Gasteiger charge is -2.09. The summed E-state index contributed by atoms with van der Waals surface area (Å²) in [6.07, 6.45) is -1.62. The zero-order chi connectivity index (χ0) is 22.7. The molecule has 4 aromatic rings. The Kier molecular flexibility index (Phi) is 6.28. The summed E-state index contributed by atoms with van der Waals surface area (Å²) in [5.41, 5.74) is -0.354. The highest BCUT2D eigenvalue weighted by molar-refractivity contribution is 7.99. The summed E-state index contributed by atoms with van der Waals surface area (Å²) in [5.74, 6) is 0.299. The van der Waals surface area contributed by atoms with Gasteiger partial charge in [-0.1, -0.05) is 23.0 Å². The Bertz CT molecular complexity index is 1220. The van der Waals surface area contributed by atoms with Crippen LogP contribution in [0.3, 0.4) is 0 Å². The van der Waals surface area contributed by atoms with E-state index in [0.717, 1.165) is 22.7 Å². The maximum Gasteiger partial charge on any atom is 0.433 e. The number of halogens is 3. The van der Waals surface area contributed by atoms with Gasteiger partial charge in [-0.05, 0) is 17.5 Å². The van der Waals surface area contributed by atoms with Crippen molar-refractivity contribution < 1.29 is 22.5 Å². The summed E-state index contributed by atoms with van der Waals surface area (Å²) >= 11 is 2.46. The van der Waals surface area contributed by atoms with Gasteiger partial charge >= 0.3 is 6.18 Å². The average molecular weight is 480 g/mol. The van der Waals surface area contributed by atoms with Crippen LogP contribution in [-0.4, -0.2) is 43.1 Å². The molecule has 0 spiro atoms. The molecule has 1 N–H and O–H groups in total. The summed E-state index contributed by atoms with van der Waals surface area (Å²) in [5, 5.41) is 12.2. The van der Waals surface area contributed by atoms with Gasteiger partial charge in [-0.25, -0.2) is 9.97 Å². The summed E-state index contributed by atoms with van der Waals surface area (Å²) in [6, 6.07) is 6.12.